The van der Waals surface area contributed by atoms with Crippen LogP contribution in [-0.4, -0.2) is 47.3 Å². The summed E-state index contributed by atoms with van der Waals surface area (Å²) in [7, 11) is 0. The number of rotatable bonds is 10. The minimum Gasteiger partial charge on any atom is -0.384 e. The summed E-state index contributed by atoms with van der Waals surface area (Å²) in [5.41, 5.74) is 8.54. The average molecular weight is 492 g/mol. The van der Waals surface area contributed by atoms with Crippen molar-refractivity contribution in [3.63, 3.8) is 0 Å². The summed E-state index contributed by atoms with van der Waals surface area (Å²) < 4.78 is 0. The monoisotopic (exact) mass is 491 g/mol. The molecule has 2 aliphatic rings. The number of carbonyl (C=O) groups excluding carboxylic acids is 3. The second-order valence-electron chi connectivity index (χ2n) is 10.1. The van der Waals surface area contributed by atoms with Gasteiger partial charge in [0.1, 0.15) is 5.82 Å². The van der Waals surface area contributed by atoms with Gasteiger partial charge in [0, 0.05) is 47.7 Å². The molecule has 3 atom stereocenters. The van der Waals surface area contributed by atoms with E-state index in [1.54, 1.807) is 25.3 Å². The van der Waals surface area contributed by atoms with Gasteiger partial charge in [-0.05, 0) is 75.8 Å². The maximum absolute atomic E-state index is 13.3. The zero-order valence-electron chi connectivity index (χ0n) is 21.5. The van der Waals surface area contributed by atoms with Crippen LogP contribution in [-0.2, 0) is 0 Å². The number of nitrogens with two attached hydrogens (primary N) is 1. The molecule has 2 amide bonds. The van der Waals surface area contributed by atoms with Gasteiger partial charge in [-0.3, -0.25) is 14.4 Å². The van der Waals surface area contributed by atoms with Gasteiger partial charge in [-0.2, -0.15) is 0 Å². The second-order valence-corrected chi connectivity index (χ2v) is 10.1. The number of amides is 2. The van der Waals surface area contributed by atoms with Gasteiger partial charge in [-0.15, -0.1) is 0 Å². The van der Waals surface area contributed by atoms with Crippen molar-refractivity contribution in [3.8, 4) is 0 Å². The maximum Gasteiger partial charge on any atom is 0.251 e. The Kier molecular flexibility index (Phi) is 7.91. The summed E-state index contributed by atoms with van der Waals surface area (Å²) in [5.74, 6) is 0.282. The number of pyridine rings is 1. The molecule has 8 heteroatoms. The fourth-order valence-electron chi connectivity index (χ4n) is 5.58. The van der Waals surface area contributed by atoms with Gasteiger partial charge in [0.2, 0.25) is 0 Å². The Hall–Kier alpha value is -3.42. The van der Waals surface area contributed by atoms with Crippen LogP contribution in [0.3, 0.4) is 0 Å². The topological polar surface area (TPSA) is 117 Å². The Morgan fingerprint density at radius 1 is 1.08 bits per heavy atom. The van der Waals surface area contributed by atoms with Crippen molar-refractivity contribution in [2.24, 2.45) is 5.73 Å². The lowest BCUT2D eigenvalue weighted by atomic mass is 9.96. The molecule has 1 unspecified atom stereocenters. The Morgan fingerprint density at radius 3 is 2.39 bits per heavy atom. The number of unbranched alkanes of at least 4 members (excludes halogenated alkanes) is 2. The third-order valence-corrected chi connectivity index (χ3v) is 7.46. The molecule has 0 aliphatic carbocycles. The van der Waals surface area contributed by atoms with Crippen molar-refractivity contribution in [3.05, 3.63) is 52.7 Å². The first-order valence-electron chi connectivity index (χ1n) is 13.0. The Balaban J connectivity index is 1.45. The highest BCUT2D eigenvalue weighted by atomic mass is 16.2. The Morgan fingerprint density at radius 2 is 1.81 bits per heavy atom. The van der Waals surface area contributed by atoms with Crippen LogP contribution in [0.25, 0.3) is 0 Å². The molecule has 4 rings (SSSR count). The first-order valence-corrected chi connectivity index (χ1v) is 13.0. The van der Waals surface area contributed by atoms with Gasteiger partial charge in [0.05, 0.1) is 5.56 Å². The van der Waals surface area contributed by atoms with Gasteiger partial charge in [-0.1, -0.05) is 19.8 Å². The van der Waals surface area contributed by atoms with E-state index in [4.69, 9.17) is 5.73 Å². The number of aryl methyl sites for hydroxylation is 1. The average Bonchev–Trinajstić information content (AvgIpc) is 3.12. The highest BCUT2D eigenvalue weighted by Crippen LogP contribution is 2.38. The van der Waals surface area contributed by atoms with E-state index in [0.29, 0.717) is 34.5 Å². The fourth-order valence-corrected chi connectivity index (χ4v) is 5.58. The molecule has 192 valence electrons. The largest absolute Gasteiger partial charge is 0.384 e. The SMILES string of the molecule is CCCCCNc1cc(C(=O)NC2C[C@H]3CC[C@@H](C2)N3c2ccc(C(C)=O)cn2)c(C)cc1C(N)=O. The summed E-state index contributed by atoms with van der Waals surface area (Å²) in [5, 5.41) is 6.55. The summed E-state index contributed by atoms with van der Waals surface area (Å²) in [6, 6.07) is 7.92. The molecule has 4 N–H and O–H groups in total. The van der Waals surface area contributed by atoms with E-state index >= 15 is 0 Å². The maximum atomic E-state index is 13.3. The van der Waals surface area contributed by atoms with E-state index in [-0.39, 0.29) is 17.7 Å². The summed E-state index contributed by atoms with van der Waals surface area (Å²) in [6.07, 6.45) is 8.64. The normalized spacial score (nSPS) is 20.8. The number of nitrogens with zero attached hydrogens (tertiary/aromatic N) is 2. The van der Waals surface area contributed by atoms with Gasteiger partial charge < -0.3 is 21.3 Å². The number of hydrogen-bond acceptors (Lipinski definition) is 6. The zero-order valence-corrected chi connectivity index (χ0v) is 21.5. The number of nitrogens with one attached hydrogen (secondary N) is 2. The van der Waals surface area contributed by atoms with Gasteiger partial charge in [-0.25, -0.2) is 4.98 Å². The van der Waals surface area contributed by atoms with Crippen molar-refractivity contribution in [2.75, 3.05) is 16.8 Å². The third-order valence-electron chi connectivity index (χ3n) is 7.46. The van der Waals surface area contributed by atoms with Crippen LogP contribution >= 0.6 is 0 Å². The molecular formula is C28H37N5O3. The number of piperidine rings is 1. The van der Waals surface area contributed by atoms with Crippen molar-refractivity contribution >= 4 is 29.1 Å². The van der Waals surface area contributed by atoms with Crippen LogP contribution in [0.4, 0.5) is 11.5 Å². The molecule has 1 aromatic heterocycles. The molecule has 2 aliphatic heterocycles. The number of hydrogen-bond donors (Lipinski definition) is 3. The van der Waals surface area contributed by atoms with E-state index in [9.17, 15) is 14.4 Å². The minimum absolute atomic E-state index is 0.0110. The number of aromatic nitrogens is 1. The molecule has 0 saturated carbocycles. The van der Waals surface area contributed by atoms with Crippen LogP contribution in [0.15, 0.2) is 30.5 Å². The van der Waals surface area contributed by atoms with Gasteiger partial charge in [0.25, 0.3) is 11.8 Å². The van der Waals surface area contributed by atoms with Gasteiger partial charge >= 0.3 is 0 Å². The highest BCUT2D eigenvalue weighted by molar-refractivity contribution is 6.03. The lowest BCUT2D eigenvalue weighted by Gasteiger charge is -2.40. The van der Waals surface area contributed by atoms with E-state index in [1.165, 1.54) is 0 Å². The number of fused-ring (bicyclic) bond motifs is 2. The predicted octanol–water partition coefficient (Wildman–Crippen LogP) is 4.22. The summed E-state index contributed by atoms with van der Waals surface area (Å²) in [4.78, 5) is 43.8. The van der Waals surface area contributed by atoms with Crippen molar-refractivity contribution in [1.82, 2.24) is 10.3 Å². The highest BCUT2D eigenvalue weighted by Gasteiger charge is 2.42. The molecule has 2 fully saturated rings. The number of anilines is 2. The smallest absolute Gasteiger partial charge is 0.251 e. The predicted molar refractivity (Wildman–Crippen MR) is 142 cm³/mol. The lowest BCUT2D eigenvalue weighted by Crippen LogP contribution is -2.50. The molecule has 2 bridgehead atoms. The van der Waals surface area contributed by atoms with E-state index in [0.717, 1.165) is 62.9 Å². The number of ketones is 1. The van der Waals surface area contributed by atoms with Crippen LogP contribution in [0.2, 0.25) is 0 Å². The number of Topliss-reactive ketones (excluding diaryl/α,β-unsaturated/α-hetero) is 1. The molecule has 2 aromatic rings. The molecule has 1 aromatic carbocycles. The molecular weight excluding hydrogens is 454 g/mol. The zero-order chi connectivity index (χ0) is 25.8. The van der Waals surface area contributed by atoms with Crippen LogP contribution in [0, 0.1) is 6.92 Å². The molecule has 0 spiro atoms. The minimum atomic E-state index is -0.503. The Labute approximate surface area is 213 Å². The van der Waals surface area contributed by atoms with Crippen molar-refractivity contribution in [1.29, 1.82) is 0 Å². The molecule has 36 heavy (non-hydrogen) atoms. The number of benzene rings is 1. The van der Waals surface area contributed by atoms with Gasteiger partial charge in [0.15, 0.2) is 5.78 Å². The quantitative estimate of drug-likeness (QED) is 0.338. The standard InChI is InChI=1S/C28H37N5O3/c1-4-5-6-11-30-25-15-23(17(2)12-24(25)27(29)35)28(36)32-20-13-21-8-9-22(14-20)33(21)26-10-7-19(16-31-26)18(3)34/h7,10,12,15-16,20-22,30H,4-6,8-9,11,13-14H2,1-3H3,(H2,29,35)(H,32,36)/t20?,21-,22+. The number of primary amides is 1. The first kappa shape index (κ1) is 25.7. The summed E-state index contributed by atoms with van der Waals surface area (Å²) >= 11 is 0. The molecule has 3 heterocycles. The van der Waals surface area contributed by atoms with Crippen molar-refractivity contribution in [2.45, 2.75) is 83.8 Å². The number of carbonyl (C=O) groups is 3. The Bertz CT molecular complexity index is 1120. The first-order chi connectivity index (χ1) is 17.3. The fraction of sp³-hybridized carbons (Fsp3) is 0.500. The van der Waals surface area contributed by atoms with E-state index in [1.807, 2.05) is 19.1 Å². The molecule has 2 saturated heterocycles. The summed E-state index contributed by atoms with van der Waals surface area (Å²) in [6.45, 7) is 6.25. The van der Waals surface area contributed by atoms with E-state index < -0.39 is 5.91 Å². The van der Waals surface area contributed by atoms with E-state index in [2.05, 4.69) is 27.4 Å². The molecule has 0 radical (unpaired) electrons. The molecule has 8 nitrogen and oxygen atoms in total. The van der Waals surface area contributed by atoms with Crippen LogP contribution < -0.4 is 21.3 Å². The van der Waals surface area contributed by atoms with Crippen LogP contribution in [0.1, 0.15) is 95.4 Å². The van der Waals surface area contributed by atoms with Crippen LogP contribution in [0.5, 0.6) is 0 Å². The third kappa shape index (κ3) is 5.53. The van der Waals surface area contributed by atoms with Crippen molar-refractivity contribution < 1.29 is 14.4 Å². The second kappa shape index (κ2) is 11.1. The lowest BCUT2D eigenvalue weighted by molar-refractivity contribution is 0.0924.